The van der Waals surface area contributed by atoms with E-state index in [0.717, 1.165) is 44.9 Å². The maximum Gasteiger partial charge on any atom is 0.138 e. The van der Waals surface area contributed by atoms with E-state index < -0.39 is 7.92 Å². The van der Waals surface area contributed by atoms with Gasteiger partial charge in [0.2, 0.25) is 0 Å². The molecule has 2 aliphatic carbocycles. The zero-order valence-electron chi connectivity index (χ0n) is 21.3. The van der Waals surface area contributed by atoms with Crippen molar-refractivity contribution in [2.45, 2.75) is 82.1 Å². The molecule has 3 aromatic rings. The van der Waals surface area contributed by atoms with Gasteiger partial charge in [-0.3, -0.25) is 0 Å². The van der Waals surface area contributed by atoms with Crippen LogP contribution in [0.1, 0.15) is 69.8 Å². The highest BCUT2D eigenvalue weighted by atomic mass is 31.1. The number of hydrogen-bond donors (Lipinski definition) is 1. The molecule has 0 saturated heterocycles. The Bertz CT molecular complexity index is 1130. The summed E-state index contributed by atoms with van der Waals surface area (Å²) in [6.45, 7) is 0.00466. The minimum absolute atomic E-state index is 0.00466. The molecule has 0 heterocycles. The van der Waals surface area contributed by atoms with E-state index in [4.69, 9.17) is 9.47 Å². The molecule has 0 spiro atoms. The van der Waals surface area contributed by atoms with Gasteiger partial charge in [-0.15, -0.1) is 0 Å². The molecule has 3 aromatic carbocycles. The fraction of sp³-hybridized carbons (Fsp3) is 0.484. The van der Waals surface area contributed by atoms with Crippen molar-refractivity contribution in [2.24, 2.45) is 0 Å². The molecular weight excluding hydrogens is 451 g/mol. The smallest absolute Gasteiger partial charge is 0.138 e. The second-order valence-electron chi connectivity index (χ2n) is 10.2. The highest BCUT2D eigenvalue weighted by Gasteiger charge is 2.37. The van der Waals surface area contributed by atoms with Crippen molar-refractivity contribution >= 4 is 24.0 Å². The van der Waals surface area contributed by atoms with Gasteiger partial charge in [-0.25, -0.2) is 0 Å². The van der Waals surface area contributed by atoms with Gasteiger partial charge in [-0.05, 0) is 71.0 Å². The third-order valence-electron chi connectivity index (χ3n) is 8.17. The summed E-state index contributed by atoms with van der Waals surface area (Å²) in [5.41, 5.74) is 4.60. The molecule has 2 aliphatic rings. The Morgan fingerprint density at radius 3 is 2.03 bits per heavy atom. The molecule has 0 amide bonds. The zero-order valence-corrected chi connectivity index (χ0v) is 22.2. The molecule has 1 N–H and O–H groups in total. The van der Waals surface area contributed by atoms with Gasteiger partial charge in [0.25, 0.3) is 0 Å². The Balaban J connectivity index is 1.75. The molecule has 0 atom stereocenters. The van der Waals surface area contributed by atoms with E-state index in [2.05, 4.69) is 48.5 Å². The van der Waals surface area contributed by atoms with Crippen LogP contribution in [0.25, 0.3) is 21.9 Å². The summed E-state index contributed by atoms with van der Waals surface area (Å²) in [5.74, 6) is 1.95. The molecule has 186 valence electrons. The minimum Gasteiger partial charge on any atom is -0.496 e. The first-order chi connectivity index (χ1) is 17.3. The fourth-order valence-electron chi connectivity index (χ4n) is 6.51. The van der Waals surface area contributed by atoms with Crippen LogP contribution in [0.2, 0.25) is 0 Å². The van der Waals surface area contributed by atoms with Gasteiger partial charge in [0.05, 0.1) is 26.1 Å². The Labute approximate surface area is 211 Å². The average Bonchev–Trinajstić information content (AvgIpc) is 2.93. The lowest BCUT2D eigenvalue weighted by Crippen LogP contribution is -2.28. The van der Waals surface area contributed by atoms with Crippen LogP contribution in [0.15, 0.2) is 48.5 Å². The molecule has 0 bridgehead atoms. The van der Waals surface area contributed by atoms with Crippen LogP contribution in [0.5, 0.6) is 11.5 Å². The molecule has 5 rings (SSSR count). The minimum atomic E-state index is -0.422. The van der Waals surface area contributed by atoms with Gasteiger partial charge in [-0.2, -0.15) is 0 Å². The van der Waals surface area contributed by atoms with E-state index in [9.17, 15) is 5.11 Å². The normalized spacial score (nSPS) is 17.7. The standard InChI is InChI=1S/C31H39O3P/c1-33-28-20-19-27(29-23(21-32)18-17-22-11-9-10-16-26(22)29)30(34-2)31(28)35(24-12-5-3-6-13-24)25-14-7-4-8-15-25/h9-11,16-20,24-25,32H,3-8,12-15,21H2,1-2H3. The van der Waals surface area contributed by atoms with Crippen LogP contribution >= 0.6 is 7.92 Å². The first-order valence-corrected chi connectivity index (χ1v) is 14.9. The van der Waals surface area contributed by atoms with E-state index in [1.54, 1.807) is 0 Å². The SMILES string of the molecule is COc1ccc(-c2c(CO)ccc3ccccc23)c(OC)c1P(C1CCCCC1)C1CCCCC1. The number of aliphatic hydroxyl groups excluding tert-OH is 1. The predicted molar refractivity (Wildman–Crippen MR) is 149 cm³/mol. The Morgan fingerprint density at radius 2 is 1.43 bits per heavy atom. The number of hydrogen-bond acceptors (Lipinski definition) is 3. The van der Waals surface area contributed by atoms with Crippen molar-refractivity contribution < 1.29 is 14.6 Å². The number of methoxy groups -OCH3 is 2. The van der Waals surface area contributed by atoms with Crippen molar-refractivity contribution in [3.8, 4) is 22.6 Å². The molecule has 0 aromatic heterocycles. The monoisotopic (exact) mass is 490 g/mol. The average molecular weight is 491 g/mol. The van der Waals surface area contributed by atoms with Gasteiger partial charge in [-0.1, -0.05) is 82.8 Å². The molecule has 0 radical (unpaired) electrons. The van der Waals surface area contributed by atoms with Crippen molar-refractivity contribution in [3.63, 3.8) is 0 Å². The fourth-order valence-corrected chi connectivity index (χ4v) is 10.6. The molecule has 2 fully saturated rings. The lowest BCUT2D eigenvalue weighted by atomic mass is 9.93. The van der Waals surface area contributed by atoms with Crippen LogP contribution in [-0.4, -0.2) is 30.6 Å². The van der Waals surface area contributed by atoms with Gasteiger partial charge in [0, 0.05) is 5.56 Å². The maximum absolute atomic E-state index is 10.3. The Hall–Kier alpha value is -2.09. The molecule has 3 nitrogen and oxygen atoms in total. The van der Waals surface area contributed by atoms with Crippen molar-refractivity contribution in [2.75, 3.05) is 14.2 Å². The van der Waals surface area contributed by atoms with E-state index in [0.29, 0.717) is 0 Å². The van der Waals surface area contributed by atoms with E-state index >= 15 is 0 Å². The number of benzene rings is 3. The molecule has 0 aliphatic heterocycles. The summed E-state index contributed by atoms with van der Waals surface area (Å²) in [6.07, 6.45) is 13.4. The molecular formula is C31H39O3P. The van der Waals surface area contributed by atoms with E-state index in [1.165, 1.54) is 74.9 Å². The number of aliphatic hydroxyl groups is 1. The maximum atomic E-state index is 10.3. The highest BCUT2D eigenvalue weighted by Crippen LogP contribution is 2.59. The third-order valence-corrected chi connectivity index (χ3v) is 11.7. The number of rotatable bonds is 7. The summed E-state index contributed by atoms with van der Waals surface area (Å²) in [5, 5.41) is 14.0. The van der Waals surface area contributed by atoms with Crippen molar-refractivity contribution in [1.29, 1.82) is 0 Å². The van der Waals surface area contributed by atoms with Crippen molar-refractivity contribution in [3.05, 3.63) is 54.1 Å². The second-order valence-corrected chi connectivity index (χ2v) is 12.9. The van der Waals surface area contributed by atoms with Gasteiger partial charge >= 0.3 is 0 Å². The first-order valence-electron chi connectivity index (χ1n) is 13.4. The Kier molecular flexibility index (Phi) is 7.95. The van der Waals surface area contributed by atoms with Crippen LogP contribution in [0, 0.1) is 0 Å². The van der Waals surface area contributed by atoms with Gasteiger partial charge in [0.15, 0.2) is 0 Å². The highest BCUT2D eigenvalue weighted by molar-refractivity contribution is 7.67. The van der Waals surface area contributed by atoms with Gasteiger partial charge < -0.3 is 14.6 Å². The molecule has 2 saturated carbocycles. The topological polar surface area (TPSA) is 38.7 Å². The molecule has 0 unspecified atom stereocenters. The summed E-state index contributed by atoms with van der Waals surface area (Å²) >= 11 is 0. The van der Waals surface area contributed by atoms with Crippen LogP contribution < -0.4 is 14.8 Å². The van der Waals surface area contributed by atoms with Crippen LogP contribution in [-0.2, 0) is 6.61 Å². The van der Waals surface area contributed by atoms with Crippen molar-refractivity contribution in [1.82, 2.24) is 0 Å². The summed E-state index contributed by atoms with van der Waals surface area (Å²) in [4.78, 5) is 0. The zero-order chi connectivity index (χ0) is 24.2. The van der Waals surface area contributed by atoms with Crippen LogP contribution in [0.3, 0.4) is 0 Å². The Morgan fingerprint density at radius 1 is 0.771 bits per heavy atom. The molecule has 4 heteroatoms. The van der Waals surface area contributed by atoms with Gasteiger partial charge in [0.1, 0.15) is 11.5 Å². The molecule has 35 heavy (non-hydrogen) atoms. The third kappa shape index (κ3) is 4.83. The summed E-state index contributed by atoms with van der Waals surface area (Å²) in [6, 6.07) is 17.0. The lowest BCUT2D eigenvalue weighted by molar-refractivity contribution is 0.282. The number of fused-ring (bicyclic) bond motifs is 1. The first kappa shape index (κ1) is 24.6. The summed E-state index contributed by atoms with van der Waals surface area (Å²) < 4.78 is 12.4. The predicted octanol–water partition coefficient (Wildman–Crippen LogP) is 7.79. The van der Waals surface area contributed by atoms with Crippen LogP contribution in [0.4, 0.5) is 0 Å². The quantitative estimate of drug-likeness (QED) is 0.344. The van der Waals surface area contributed by atoms with E-state index in [1.807, 2.05) is 14.2 Å². The number of ether oxygens (including phenoxy) is 2. The van der Waals surface area contributed by atoms with E-state index in [-0.39, 0.29) is 6.61 Å². The second kappa shape index (κ2) is 11.3. The lowest BCUT2D eigenvalue weighted by Gasteiger charge is -2.40. The largest absolute Gasteiger partial charge is 0.496 e. The summed E-state index contributed by atoms with van der Waals surface area (Å²) in [7, 11) is 3.21.